The largest absolute Gasteiger partial charge is 0.375 e. The average Bonchev–Trinajstić information content (AvgIpc) is 2.17. The number of nitrogens with zero attached hydrogens (tertiary/aromatic N) is 2. The van der Waals surface area contributed by atoms with E-state index in [1.165, 1.54) is 5.56 Å². The first-order valence-corrected chi connectivity index (χ1v) is 4.88. The molecule has 14 heavy (non-hydrogen) atoms. The van der Waals surface area contributed by atoms with Gasteiger partial charge in [0.15, 0.2) is 0 Å². The van der Waals surface area contributed by atoms with Crippen LogP contribution in [0.4, 0.5) is 0 Å². The molecule has 1 aliphatic heterocycles. The number of hydrogen-bond acceptors (Lipinski definition) is 4. The molecule has 0 saturated carbocycles. The van der Waals surface area contributed by atoms with Crippen molar-refractivity contribution in [1.29, 1.82) is 0 Å². The first kappa shape index (κ1) is 9.55. The molecule has 2 N–H and O–H groups in total. The van der Waals surface area contributed by atoms with Crippen molar-refractivity contribution in [3.63, 3.8) is 0 Å². The average molecular weight is 193 g/mol. The van der Waals surface area contributed by atoms with Crippen molar-refractivity contribution >= 4 is 0 Å². The van der Waals surface area contributed by atoms with Gasteiger partial charge in [-0.25, -0.2) is 9.97 Å². The monoisotopic (exact) mass is 193 g/mol. The van der Waals surface area contributed by atoms with Crippen molar-refractivity contribution < 1.29 is 4.74 Å². The molecule has 2 rings (SSSR count). The van der Waals surface area contributed by atoms with Gasteiger partial charge in [-0.3, -0.25) is 0 Å². The second kappa shape index (κ2) is 3.63. The van der Waals surface area contributed by atoms with Crippen LogP contribution in [0.25, 0.3) is 0 Å². The van der Waals surface area contributed by atoms with E-state index in [0.29, 0.717) is 12.4 Å². The minimum Gasteiger partial charge on any atom is -0.375 e. The Morgan fingerprint density at radius 3 is 2.93 bits per heavy atom. The smallest absolute Gasteiger partial charge is 0.145 e. The van der Waals surface area contributed by atoms with Crippen molar-refractivity contribution in [1.82, 2.24) is 9.97 Å². The first-order valence-electron chi connectivity index (χ1n) is 4.88. The third kappa shape index (κ3) is 1.63. The summed E-state index contributed by atoms with van der Waals surface area (Å²) in [5, 5.41) is 0. The van der Waals surface area contributed by atoms with Crippen LogP contribution < -0.4 is 5.73 Å². The lowest BCUT2D eigenvalue weighted by Gasteiger charge is -2.18. The van der Waals surface area contributed by atoms with Crippen LogP contribution in [0.5, 0.6) is 0 Å². The summed E-state index contributed by atoms with van der Waals surface area (Å²) in [4.78, 5) is 8.81. The summed E-state index contributed by atoms with van der Waals surface area (Å²) in [5.41, 5.74) is 9.04. The van der Waals surface area contributed by atoms with Gasteiger partial charge in [-0.1, -0.05) is 0 Å². The standard InChI is InChI=1S/C10H15N3O/c1-6(11)10-12-7(2)8-3-4-14-5-9(8)13-10/h6H,3-5,11H2,1-2H3. The van der Waals surface area contributed by atoms with Gasteiger partial charge in [0.1, 0.15) is 5.82 Å². The summed E-state index contributed by atoms with van der Waals surface area (Å²) in [7, 11) is 0. The Hall–Kier alpha value is -1.00. The summed E-state index contributed by atoms with van der Waals surface area (Å²) in [6, 6.07) is -0.110. The molecular formula is C10H15N3O. The third-order valence-electron chi connectivity index (χ3n) is 2.46. The van der Waals surface area contributed by atoms with Crippen LogP contribution >= 0.6 is 0 Å². The number of aryl methyl sites for hydroxylation is 1. The predicted molar refractivity (Wildman–Crippen MR) is 52.7 cm³/mol. The Labute approximate surface area is 83.5 Å². The van der Waals surface area contributed by atoms with Gasteiger partial charge in [0.2, 0.25) is 0 Å². The molecule has 0 bridgehead atoms. The molecule has 1 aromatic heterocycles. The lowest BCUT2D eigenvalue weighted by Crippen LogP contribution is -2.19. The van der Waals surface area contributed by atoms with Crippen molar-refractivity contribution in [2.75, 3.05) is 6.61 Å². The van der Waals surface area contributed by atoms with Gasteiger partial charge in [-0.2, -0.15) is 0 Å². The van der Waals surface area contributed by atoms with Gasteiger partial charge < -0.3 is 10.5 Å². The fourth-order valence-electron chi connectivity index (χ4n) is 1.67. The Kier molecular flexibility index (Phi) is 2.48. The zero-order valence-electron chi connectivity index (χ0n) is 8.58. The number of hydrogen-bond donors (Lipinski definition) is 1. The number of fused-ring (bicyclic) bond motifs is 1. The van der Waals surface area contributed by atoms with Crippen LogP contribution in [-0.4, -0.2) is 16.6 Å². The molecule has 0 amide bonds. The number of aromatic nitrogens is 2. The highest BCUT2D eigenvalue weighted by Crippen LogP contribution is 2.18. The van der Waals surface area contributed by atoms with E-state index in [1.807, 2.05) is 13.8 Å². The lowest BCUT2D eigenvalue weighted by molar-refractivity contribution is 0.106. The van der Waals surface area contributed by atoms with Gasteiger partial charge >= 0.3 is 0 Å². The molecule has 4 heteroatoms. The summed E-state index contributed by atoms with van der Waals surface area (Å²) in [6.45, 7) is 5.27. The molecule has 0 aliphatic carbocycles. The minimum atomic E-state index is -0.110. The second-order valence-electron chi connectivity index (χ2n) is 3.68. The van der Waals surface area contributed by atoms with E-state index in [4.69, 9.17) is 10.5 Å². The van der Waals surface area contributed by atoms with Crippen LogP contribution in [0.2, 0.25) is 0 Å². The maximum Gasteiger partial charge on any atom is 0.145 e. The van der Waals surface area contributed by atoms with Gasteiger partial charge in [-0.15, -0.1) is 0 Å². The SMILES string of the molecule is Cc1nc(C(C)N)nc2c1CCOC2. The third-order valence-corrected chi connectivity index (χ3v) is 2.46. The van der Waals surface area contributed by atoms with E-state index in [2.05, 4.69) is 9.97 Å². The van der Waals surface area contributed by atoms with Crippen LogP contribution in [0.15, 0.2) is 0 Å². The highest BCUT2D eigenvalue weighted by atomic mass is 16.5. The van der Waals surface area contributed by atoms with Gasteiger partial charge in [0.05, 0.1) is 24.9 Å². The van der Waals surface area contributed by atoms with Gasteiger partial charge in [0.25, 0.3) is 0 Å². The molecule has 1 unspecified atom stereocenters. The maximum atomic E-state index is 5.75. The molecule has 1 aliphatic rings. The highest BCUT2D eigenvalue weighted by Gasteiger charge is 2.16. The fourth-order valence-corrected chi connectivity index (χ4v) is 1.67. The van der Waals surface area contributed by atoms with Crippen LogP contribution in [0.3, 0.4) is 0 Å². The van der Waals surface area contributed by atoms with Gasteiger partial charge in [-0.05, 0) is 25.8 Å². The lowest BCUT2D eigenvalue weighted by atomic mass is 10.1. The summed E-state index contributed by atoms with van der Waals surface area (Å²) in [6.07, 6.45) is 0.917. The van der Waals surface area contributed by atoms with E-state index < -0.39 is 0 Å². The zero-order chi connectivity index (χ0) is 10.1. The van der Waals surface area contributed by atoms with E-state index >= 15 is 0 Å². The van der Waals surface area contributed by atoms with Crippen molar-refractivity contribution in [2.45, 2.75) is 32.9 Å². The van der Waals surface area contributed by atoms with Gasteiger partial charge in [0, 0.05) is 5.69 Å². The molecular weight excluding hydrogens is 178 g/mol. The molecule has 0 fully saturated rings. The number of ether oxygens (including phenoxy) is 1. The maximum absolute atomic E-state index is 5.75. The first-order chi connectivity index (χ1) is 6.68. The Balaban J connectivity index is 2.46. The molecule has 0 aromatic carbocycles. The van der Waals surface area contributed by atoms with Crippen molar-refractivity contribution in [2.24, 2.45) is 5.73 Å². The fraction of sp³-hybridized carbons (Fsp3) is 0.600. The normalized spacial score (nSPS) is 17.6. The van der Waals surface area contributed by atoms with E-state index in [0.717, 1.165) is 24.4 Å². The topological polar surface area (TPSA) is 61.0 Å². The van der Waals surface area contributed by atoms with Crippen molar-refractivity contribution in [3.8, 4) is 0 Å². The summed E-state index contributed by atoms with van der Waals surface area (Å²) in [5.74, 6) is 0.715. The van der Waals surface area contributed by atoms with E-state index in [-0.39, 0.29) is 6.04 Å². The zero-order valence-corrected chi connectivity index (χ0v) is 8.58. The Morgan fingerprint density at radius 2 is 2.21 bits per heavy atom. The summed E-state index contributed by atoms with van der Waals surface area (Å²) < 4.78 is 5.35. The molecule has 0 saturated heterocycles. The van der Waals surface area contributed by atoms with E-state index in [1.54, 1.807) is 0 Å². The van der Waals surface area contributed by atoms with E-state index in [9.17, 15) is 0 Å². The molecule has 0 spiro atoms. The number of rotatable bonds is 1. The molecule has 1 aromatic rings. The second-order valence-corrected chi connectivity index (χ2v) is 3.68. The Bertz CT molecular complexity index is 349. The molecule has 1 atom stereocenters. The highest BCUT2D eigenvalue weighted by molar-refractivity contribution is 5.26. The minimum absolute atomic E-state index is 0.110. The quantitative estimate of drug-likeness (QED) is 0.719. The molecule has 0 radical (unpaired) electrons. The number of nitrogens with two attached hydrogens (primary N) is 1. The van der Waals surface area contributed by atoms with Crippen molar-refractivity contribution in [3.05, 3.63) is 22.8 Å². The van der Waals surface area contributed by atoms with Crippen LogP contribution in [0, 0.1) is 6.92 Å². The van der Waals surface area contributed by atoms with Crippen LogP contribution in [-0.2, 0) is 17.8 Å². The van der Waals surface area contributed by atoms with Crippen LogP contribution in [0.1, 0.15) is 35.7 Å². The Morgan fingerprint density at radius 1 is 1.43 bits per heavy atom. The molecule has 76 valence electrons. The molecule has 2 heterocycles. The molecule has 4 nitrogen and oxygen atoms in total. The summed E-state index contributed by atoms with van der Waals surface area (Å²) >= 11 is 0. The predicted octanol–water partition coefficient (Wildman–Crippen LogP) is 0.877.